The van der Waals surface area contributed by atoms with Gasteiger partial charge >= 0.3 is 6.16 Å². The van der Waals surface area contributed by atoms with Crippen LogP contribution in [0.5, 0.6) is 0 Å². The largest absolute Gasteiger partial charge is 0.505 e. The van der Waals surface area contributed by atoms with Gasteiger partial charge in [-0.2, -0.15) is 0 Å². The average Bonchev–Trinajstić information content (AvgIpc) is 2.07. The average molecular weight is 177 g/mol. The van der Waals surface area contributed by atoms with Gasteiger partial charge in [0.1, 0.15) is 0 Å². The van der Waals surface area contributed by atoms with Gasteiger partial charge < -0.3 is 15.6 Å². The van der Waals surface area contributed by atoms with Gasteiger partial charge in [-0.1, -0.05) is 26.2 Å². The first-order chi connectivity index (χ1) is 5.68. The van der Waals surface area contributed by atoms with Crippen molar-refractivity contribution in [1.82, 2.24) is 0 Å². The van der Waals surface area contributed by atoms with Crippen molar-refractivity contribution in [3.63, 3.8) is 0 Å². The van der Waals surface area contributed by atoms with Gasteiger partial charge in [0, 0.05) is 0 Å². The Morgan fingerprint density at radius 3 is 2.17 bits per heavy atom. The van der Waals surface area contributed by atoms with Gasteiger partial charge in [0.2, 0.25) is 0 Å². The van der Waals surface area contributed by atoms with E-state index in [2.05, 4.69) is 11.7 Å². The second-order valence-corrected chi connectivity index (χ2v) is 2.32. The molecule has 0 aliphatic rings. The Morgan fingerprint density at radius 1 is 1.42 bits per heavy atom. The molecular formula is C8H19NO3. The summed E-state index contributed by atoms with van der Waals surface area (Å²) in [5.41, 5.74) is 5.27. The molecule has 4 nitrogen and oxygen atoms in total. The first kappa shape index (κ1) is 13.8. The maximum absolute atomic E-state index is 9.15. The van der Waals surface area contributed by atoms with Gasteiger partial charge in [0.15, 0.2) is 0 Å². The molecule has 12 heavy (non-hydrogen) atoms. The van der Waals surface area contributed by atoms with Crippen LogP contribution in [0.25, 0.3) is 0 Å². The number of nitrogens with two attached hydrogens (primary N) is 1. The van der Waals surface area contributed by atoms with Crippen molar-refractivity contribution in [2.45, 2.75) is 32.6 Å². The molecule has 4 heteroatoms. The van der Waals surface area contributed by atoms with Crippen molar-refractivity contribution in [2.24, 2.45) is 5.73 Å². The summed E-state index contributed by atoms with van der Waals surface area (Å²) in [4.78, 5) is 9.15. The van der Waals surface area contributed by atoms with E-state index in [9.17, 15) is 0 Å². The normalized spacial score (nSPS) is 8.25. The highest BCUT2D eigenvalue weighted by Crippen LogP contribution is 1.95. The molecule has 0 aromatic rings. The molecule has 0 atom stereocenters. The Labute approximate surface area is 73.7 Å². The zero-order valence-corrected chi connectivity index (χ0v) is 7.88. The molecule has 0 rings (SSSR count). The first-order valence-electron chi connectivity index (χ1n) is 4.16. The minimum Gasteiger partial charge on any atom is -0.450 e. The van der Waals surface area contributed by atoms with Crippen LogP contribution in [-0.2, 0) is 4.74 Å². The molecule has 74 valence electrons. The van der Waals surface area contributed by atoms with Crippen LogP contribution in [0, 0.1) is 0 Å². The standard InChI is InChI=1S/C6H15N.C2H4O3/c1-2-3-4-5-6-7;1-5-2(3)4/h2-7H2,1H3;1H3,(H,3,4). The number of unbranched alkanes of at least 4 members (excludes halogenated alkanes) is 3. The third kappa shape index (κ3) is 22.9. The maximum Gasteiger partial charge on any atom is 0.505 e. The number of methoxy groups -OCH3 is 1. The number of carbonyl (C=O) groups is 1. The molecular weight excluding hydrogens is 158 g/mol. The quantitative estimate of drug-likeness (QED) is 0.507. The summed E-state index contributed by atoms with van der Waals surface area (Å²) in [5.74, 6) is 0. The topological polar surface area (TPSA) is 72.5 Å². The maximum atomic E-state index is 9.15. The van der Waals surface area contributed by atoms with Gasteiger partial charge in [-0.25, -0.2) is 4.79 Å². The van der Waals surface area contributed by atoms with Crippen molar-refractivity contribution in [2.75, 3.05) is 13.7 Å². The lowest BCUT2D eigenvalue weighted by atomic mass is 10.2. The van der Waals surface area contributed by atoms with E-state index >= 15 is 0 Å². The third-order valence-electron chi connectivity index (χ3n) is 1.23. The van der Waals surface area contributed by atoms with Gasteiger partial charge in [-0.3, -0.25) is 0 Å². The van der Waals surface area contributed by atoms with E-state index in [-0.39, 0.29) is 0 Å². The van der Waals surface area contributed by atoms with E-state index < -0.39 is 6.16 Å². The fourth-order valence-electron chi connectivity index (χ4n) is 0.571. The SMILES string of the molecule is CCCCCCN.COC(=O)O. The summed E-state index contributed by atoms with van der Waals surface area (Å²) in [7, 11) is 1.10. The van der Waals surface area contributed by atoms with Gasteiger partial charge in [0.25, 0.3) is 0 Å². The van der Waals surface area contributed by atoms with Crippen molar-refractivity contribution in [3.8, 4) is 0 Å². The van der Waals surface area contributed by atoms with Crippen molar-refractivity contribution < 1.29 is 14.6 Å². The van der Waals surface area contributed by atoms with E-state index in [0.29, 0.717) is 0 Å². The molecule has 0 heterocycles. The highest BCUT2D eigenvalue weighted by molar-refractivity contribution is 5.56. The fraction of sp³-hybridized carbons (Fsp3) is 0.875. The predicted octanol–water partition coefficient (Wildman–Crippen LogP) is 1.84. The molecule has 0 aromatic heterocycles. The van der Waals surface area contributed by atoms with Crippen LogP contribution in [0.1, 0.15) is 32.6 Å². The van der Waals surface area contributed by atoms with Crippen LogP contribution in [0.3, 0.4) is 0 Å². The van der Waals surface area contributed by atoms with Crippen LogP contribution < -0.4 is 5.73 Å². The molecule has 0 spiro atoms. The number of hydrogen-bond donors (Lipinski definition) is 2. The summed E-state index contributed by atoms with van der Waals surface area (Å²) < 4.78 is 3.67. The van der Waals surface area contributed by atoms with E-state index in [4.69, 9.17) is 15.6 Å². The highest BCUT2D eigenvalue weighted by atomic mass is 16.6. The second-order valence-electron chi connectivity index (χ2n) is 2.32. The minimum atomic E-state index is -1.25. The molecule has 0 aliphatic heterocycles. The lowest BCUT2D eigenvalue weighted by Gasteiger charge is -1.90. The summed E-state index contributed by atoms with van der Waals surface area (Å²) in [6, 6.07) is 0. The van der Waals surface area contributed by atoms with Crippen LogP contribution >= 0.6 is 0 Å². The monoisotopic (exact) mass is 177 g/mol. The zero-order valence-electron chi connectivity index (χ0n) is 7.88. The van der Waals surface area contributed by atoms with Crippen LogP contribution in [0.15, 0.2) is 0 Å². The van der Waals surface area contributed by atoms with Gasteiger partial charge in [-0.05, 0) is 13.0 Å². The van der Waals surface area contributed by atoms with Crippen LogP contribution in [-0.4, -0.2) is 24.9 Å². The van der Waals surface area contributed by atoms with E-state index in [0.717, 1.165) is 13.7 Å². The summed E-state index contributed by atoms with van der Waals surface area (Å²) >= 11 is 0. The molecule has 0 unspecified atom stereocenters. The second kappa shape index (κ2) is 12.9. The highest BCUT2D eigenvalue weighted by Gasteiger charge is 1.81. The number of rotatable bonds is 4. The molecule has 0 saturated carbocycles. The summed E-state index contributed by atoms with van der Waals surface area (Å²) in [6.07, 6.45) is 3.92. The molecule has 0 fully saturated rings. The Kier molecular flexibility index (Phi) is 14.8. The van der Waals surface area contributed by atoms with E-state index in [1.54, 1.807) is 0 Å². The van der Waals surface area contributed by atoms with Gasteiger partial charge in [-0.15, -0.1) is 0 Å². The van der Waals surface area contributed by atoms with Crippen molar-refractivity contribution in [1.29, 1.82) is 0 Å². The smallest absolute Gasteiger partial charge is 0.450 e. The molecule has 0 saturated heterocycles. The molecule has 0 amide bonds. The van der Waals surface area contributed by atoms with Crippen molar-refractivity contribution in [3.05, 3.63) is 0 Å². The number of ether oxygens (including phenoxy) is 1. The van der Waals surface area contributed by atoms with Gasteiger partial charge in [0.05, 0.1) is 7.11 Å². The Bertz CT molecular complexity index is 92.3. The Morgan fingerprint density at radius 2 is 1.92 bits per heavy atom. The first-order valence-corrected chi connectivity index (χ1v) is 4.16. The number of carboxylic acid groups (broad SMARTS) is 1. The zero-order chi connectivity index (χ0) is 9.82. The predicted molar refractivity (Wildman–Crippen MR) is 48.2 cm³/mol. The van der Waals surface area contributed by atoms with Crippen LogP contribution in [0.4, 0.5) is 4.79 Å². The molecule has 3 N–H and O–H groups in total. The molecule has 0 bridgehead atoms. The lowest BCUT2D eigenvalue weighted by molar-refractivity contribution is 0.114. The third-order valence-corrected chi connectivity index (χ3v) is 1.23. The summed E-state index contributed by atoms with van der Waals surface area (Å²) in [6.45, 7) is 3.07. The molecule has 0 radical (unpaired) electrons. The number of hydrogen-bond acceptors (Lipinski definition) is 3. The minimum absolute atomic E-state index is 0.861. The Balaban J connectivity index is 0. The Hall–Kier alpha value is -0.770. The molecule has 0 aliphatic carbocycles. The lowest BCUT2D eigenvalue weighted by Crippen LogP contribution is -1.97. The van der Waals surface area contributed by atoms with Crippen molar-refractivity contribution >= 4 is 6.16 Å². The van der Waals surface area contributed by atoms with E-state index in [1.807, 2.05) is 0 Å². The van der Waals surface area contributed by atoms with Crippen LogP contribution in [0.2, 0.25) is 0 Å². The summed E-state index contributed by atoms with van der Waals surface area (Å²) in [5, 5.41) is 7.50. The van der Waals surface area contributed by atoms with E-state index in [1.165, 1.54) is 25.7 Å². The molecule has 0 aromatic carbocycles. The fourth-order valence-corrected chi connectivity index (χ4v) is 0.571.